The number of aliphatic hydroxyl groups is 1. The average Bonchev–Trinajstić information content (AvgIpc) is 2.84. The number of alkyl halides is 3. The first-order chi connectivity index (χ1) is 16.9. The van der Waals surface area contributed by atoms with E-state index in [0.29, 0.717) is 16.9 Å². The highest BCUT2D eigenvalue weighted by atomic mass is 19.4. The first-order valence-electron chi connectivity index (χ1n) is 11.1. The van der Waals surface area contributed by atoms with Crippen LogP contribution in [0.2, 0.25) is 0 Å². The number of rotatable bonds is 10. The SMILES string of the molecule is COc1ccc([C@H](NC(=O)[C@@H](N)Cc2cccc(C#N)c2)C(=O)N[C@@H](C(C)C)[C@H](O)C(F)(F)F)cc1. The van der Waals surface area contributed by atoms with Crippen molar-refractivity contribution in [1.29, 1.82) is 5.26 Å². The molecule has 2 rings (SSSR count). The normalized spacial score (nSPS) is 14.8. The number of nitrogens with one attached hydrogen (secondary N) is 2. The minimum Gasteiger partial charge on any atom is -0.497 e. The molecule has 36 heavy (non-hydrogen) atoms. The van der Waals surface area contributed by atoms with Gasteiger partial charge in [-0.2, -0.15) is 18.4 Å². The van der Waals surface area contributed by atoms with Crippen molar-refractivity contribution in [2.75, 3.05) is 7.11 Å². The maximum atomic E-state index is 13.2. The number of benzene rings is 2. The summed E-state index contributed by atoms with van der Waals surface area (Å²) in [6.07, 6.45) is -7.70. The first-order valence-corrected chi connectivity index (χ1v) is 11.1. The molecule has 194 valence electrons. The number of hydrogen-bond acceptors (Lipinski definition) is 6. The van der Waals surface area contributed by atoms with E-state index in [9.17, 15) is 27.9 Å². The fourth-order valence-electron chi connectivity index (χ4n) is 3.52. The van der Waals surface area contributed by atoms with Crippen LogP contribution in [0, 0.1) is 17.2 Å². The molecule has 4 atom stereocenters. The summed E-state index contributed by atoms with van der Waals surface area (Å²) in [5.74, 6) is -1.99. The van der Waals surface area contributed by atoms with Gasteiger partial charge in [0, 0.05) is 0 Å². The minimum absolute atomic E-state index is 0.0553. The number of nitriles is 1. The topological polar surface area (TPSA) is 137 Å². The lowest BCUT2D eigenvalue weighted by molar-refractivity contribution is -0.215. The number of hydrogen-bond donors (Lipinski definition) is 4. The Bertz CT molecular complexity index is 1080. The van der Waals surface area contributed by atoms with Crippen LogP contribution in [0.4, 0.5) is 13.2 Å². The Morgan fingerprint density at radius 2 is 1.75 bits per heavy atom. The van der Waals surface area contributed by atoms with E-state index in [1.54, 1.807) is 24.3 Å². The third kappa shape index (κ3) is 7.69. The van der Waals surface area contributed by atoms with Crippen LogP contribution in [0.25, 0.3) is 0 Å². The van der Waals surface area contributed by atoms with Gasteiger partial charge in [-0.25, -0.2) is 0 Å². The van der Waals surface area contributed by atoms with Gasteiger partial charge in [-0.05, 0) is 47.7 Å². The van der Waals surface area contributed by atoms with Gasteiger partial charge >= 0.3 is 6.18 Å². The van der Waals surface area contributed by atoms with E-state index in [1.165, 1.54) is 45.2 Å². The molecule has 2 amide bonds. The summed E-state index contributed by atoms with van der Waals surface area (Å²) in [4.78, 5) is 26.0. The minimum atomic E-state index is -4.96. The summed E-state index contributed by atoms with van der Waals surface area (Å²) in [6.45, 7) is 2.85. The zero-order chi connectivity index (χ0) is 27.0. The number of methoxy groups -OCH3 is 1. The van der Waals surface area contributed by atoms with Gasteiger partial charge in [0.2, 0.25) is 11.8 Å². The molecule has 0 radical (unpaired) electrons. The van der Waals surface area contributed by atoms with Crippen LogP contribution in [0.15, 0.2) is 48.5 Å². The molecule has 8 nitrogen and oxygen atoms in total. The Hall–Kier alpha value is -3.62. The van der Waals surface area contributed by atoms with E-state index in [4.69, 9.17) is 15.7 Å². The van der Waals surface area contributed by atoms with Crippen LogP contribution in [0.5, 0.6) is 5.75 Å². The van der Waals surface area contributed by atoms with E-state index < -0.39 is 48.1 Å². The molecule has 0 bridgehead atoms. The van der Waals surface area contributed by atoms with E-state index in [0.717, 1.165) is 0 Å². The van der Waals surface area contributed by atoms with E-state index >= 15 is 0 Å². The molecular weight excluding hydrogens is 477 g/mol. The highest BCUT2D eigenvalue weighted by Crippen LogP contribution is 2.26. The number of nitrogens with zero attached hydrogens (tertiary/aromatic N) is 1. The van der Waals surface area contributed by atoms with Gasteiger partial charge in [0.25, 0.3) is 0 Å². The summed E-state index contributed by atoms with van der Waals surface area (Å²) in [6, 6.07) is 10.3. The molecule has 0 unspecified atom stereocenters. The molecule has 5 N–H and O–H groups in total. The fourth-order valence-corrected chi connectivity index (χ4v) is 3.52. The van der Waals surface area contributed by atoms with Gasteiger partial charge in [0.05, 0.1) is 30.8 Å². The zero-order valence-electron chi connectivity index (χ0n) is 20.0. The van der Waals surface area contributed by atoms with E-state index in [1.807, 2.05) is 6.07 Å². The molecule has 0 saturated heterocycles. The van der Waals surface area contributed by atoms with Crippen molar-refractivity contribution >= 4 is 11.8 Å². The Morgan fingerprint density at radius 1 is 1.11 bits per heavy atom. The quantitative estimate of drug-likeness (QED) is 0.390. The maximum absolute atomic E-state index is 13.2. The Kier molecular flexibility index (Phi) is 9.84. The molecule has 0 aliphatic heterocycles. The number of aliphatic hydroxyl groups excluding tert-OH is 1. The van der Waals surface area contributed by atoms with Crippen LogP contribution < -0.4 is 21.1 Å². The number of ether oxygens (including phenoxy) is 1. The standard InChI is InChI=1S/C25H29F3N4O4/c1-14(2)20(22(33)25(26,27)28)31-24(35)21(17-7-9-18(36-3)10-8-17)32-23(34)19(30)12-15-5-4-6-16(11-15)13-29/h4-11,14,19-22,33H,12,30H2,1-3H3,(H,31,35)(H,32,34)/t19-,20-,21-,22-/m0/s1. The third-order valence-corrected chi connectivity index (χ3v) is 5.55. The van der Waals surface area contributed by atoms with Gasteiger partial charge in [0.15, 0.2) is 6.10 Å². The van der Waals surface area contributed by atoms with Crippen LogP contribution in [-0.2, 0) is 16.0 Å². The first kappa shape index (κ1) is 28.6. The highest BCUT2D eigenvalue weighted by molar-refractivity contribution is 5.90. The summed E-state index contributed by atoms with van der Waals surface area (Å²) in [7, 11) is 1.44. The van der Waals surface area contributed by atoms with Crippen LogP contribution in [0.3, 0.4) is 0 Å². The highest BCUT2D eigenvalue weighted by Gasteiger charge is 2.45. The maximum Gasteiger partial charge on any atom is 0.416 e. The van der Waals surface area contributed by atoms with E-state index in [2.05, 4.69) is 10.6 Å². The smallest absolute Gasteiger partial charge is 0.416 e. The third-order valence-electron chi connectivity index (χ3n) is 5.55. The lowest BCUT2D eigenvalue weighted by atomic mass is 9.96. The molecule has 0 saturated carbocycles. The van der Waals surface area contributed by atoms with Crippen molar-refractivity contribution < 1.29 is 32.6 Å². The Balaban J connectivity index is 2.29. The van der Waals surface area contributed by atoms with Crippen molar-refractivity contribution in [3.8, 4) is 11.8 Å². The molecular formula is C25H29F3N4O4. The molecule has 11 heteroatoms. The van der Waals surface area contributed by atoms with Crippen molar-refractivity contribution in [3.63, 3.8) is 0 Å². The molecule has 0 aliphatic rings. The second-order valence-electron chi connectivity index (χ2n) is 8.60. The second-order valence-corrected chi connectivity index (χ2v) is 8.60. The summed E-state index contributed by atoms with van der Waals surface area (Å²) >= 11 is 0. The van der Waals surface area contributed by atoms with Crippen molar-refractivity contribution in [2.24, 2.45) is 11.7 Å². The molecule has 0 heterocycles. The number of amides is 2. The van der Waals surface area contributed by atoms with Gasteiger partial charge in [-0.1, -0.05) is 38.1 Å². The molecule has 0 spiro atoms. The van der Waals surface area contributed by atoms with Gasteiger partial charge in [-0.3, -0.25) is 9.59 Å². The Labute approximate surface area is 207 Å². The predicted octanol–water partition coefficient (Wildman–Crippen LogP) is 2.36. The fraction of sp³-hybridized carbons (Fsp3) is 0.400. The number of carbonyl (C=O) groups is 2. The lowest BCUT2D eigenvalue weighted by Gasteiger charge is -2.31. The molecule has 0 aromatic heterocycles. The van der Waals surface area contributed by atoms with Gasteiger partial charge < -0.3 is 26.2 Å². The number of carbonyl (C=O) groups excluding carboxylic acids is 2. The predicted molar refractivity (Wildman–Crippen MR) is 126 cm³/mol. The van der Waals surface area contributed by atoms with Crippen molar-refractivity contribution in [2.45, 2.75) is 50.7 Å². The van der Waals surface area contributed by atoms with Crippen LogP contribution in [0.1, 0.15) is 36.6 Å². The second kappa shape index (κ2) is 12.4. The molecule has 0 fully saturated rings. The zero-order valence-corrected chi connectivity index (χ0v) is 20.0. The summed E-state index contributed by atoms with van der Waals surface area (Å²) < 4.78 is 44.6. The van der Waals surface area contributed by atoms with Crippen molar-refractivity contribution in [3.05, 3.63) is 65.2 Å². The monoisotopic (exact) mass is 506 g/mol. The number of halogens is 3. The largest absolute Gasteiger partial charge is 0.497 e. The summed E-state index contributed by atoms with van der Waals surface area (Å²) in [5.41, 5.74) is 7.31. The van der Waals surface area contributed by atoms with Crippen LogP contribution >= 0.6 is 0 Å². The molecule has 2 aromatic carbocycles. The Morgan fingerprint density at radius 3 is 2.28 bits per heavy atom. The average molecular weight is 507 g/mol. The van der Waals surface area contributed by atoms with E-state index in [-0.39, 0.29) is 12.0 Å². The molecule has 0 aliphatic carbocycles. The lowest BCUT2D eigenvalue weighted by Crippen LogP contribution is -2.56. The molecule has 2 aromatic rings. The van der Waals surface area contributed by atoms with Crippen molar-refractivity contribution in [1.82, 2.24) is 10.6 Å². The number of nitrogens with two attached hydrogens (primary N) is 1. The summed E-state index contributed by atoms with van der Waals surface area (Å²) in [5, 5.41) is 23.5. The van der Waals surface area contributed by atoms with Gasteiger partial charge in [-0.15, -0.1) is 0 Å². The van der Waals surface area contributed by atoms with Gasteiger partial charge in [0.1, 0.15) is 11.8 Å². The van der Waals surface area contributed by atoms with Crippen LogP contribution in [-0.4, -0.2) is 48.4 Å².